The number of anilines is 1. The highest BCUT2D eigenvalue weighted by Gasteiger charge is 2.27. The molecule has 6 rings (SSSR count). The van der Waals surface area contributed by atoms with Crippen LogP contribution in [0, 0.1) is 5.92 Å². The Morgan fingerprint density at radius 3 is 2.62 bits per heavy atom. The first-order valence-electron chi connectivity index (χ1n) is 16.4. The lowest BCUT2D eigenvalue weighted by Gasteiger charge is -2.35. The fourth-order valence-electron chi connectivity index (χ4n) is 6.77. The number of fused-ring (bicyclic) bond motifs is 6. The predicted molar refractivity (Wildman–Crippen MR) is 178 cm³/mol. The van der Waals surface area contributed by atoms with Gasteiger partial charge in [0.2, 0.25) is 24.4 Å². The van der Waals surface area contributed by atoms with Gasteiger partial charge in [-0.1, -0.05) is 13.0 Å². The van der Waals surface area contributed by atoms with Crippen LogP contribution in [0.2, 0.25) is 0 Å². The average Bonchev–Trinajstić information content (AvgIpc) is 3.56. The quantitative estimate of drug-likeness (QED) is 0.426. The number of hydrogen-bond donors (Lipinski definition) is 1. The van der Waals surface area contributed by atoms with Crippen molar-refractivity contribution in [2.45, 2.75) is 39.2 Å². The van der Waals surface area contributed by atoms with Crippen molar-refractivity contribution >= 4 is 28.5 Å². The third-order valence-electron chi connectivity index (χ3n) is 9.37. The zero-order chi connectivity index (χ0) is 32.9. The second-order valence-corrected chi connectivity index (χ2v) is 12.3. The van der Waals surface area contributed by atoms with E-state index >= 15 is 0 Å². The van der Waals surface area contributed by atoms with E-state index < -0.39 is 0 Å². The summed E-state index contributed by atoms with van der Waals surface area (Å²) in [5.74, 6) is 4.14. The summed E-state index contributed by atoms with van der Waals surface area (Å²) in [6.07, 6.45) is 2.51. The minimum Gasteiger partial charge on any atom is -0.493 e. The Hall–Kier alpha value is -4.45. The zero-order valence-electron chi connectivity index (χ0n) is 27.8. The summed E-state index contributed by atoms with van der Waals surface area (Å²) in [5.41, 5.74) is 2.68. The summed E-state index contributed by atoms with van der Waals surface area (Å²) in [6, 6.07) is 9.65. The molecule has 0 radical (unpaired) electrons. The molecule has 2 amide bonds. The van der Waals surface area contributed by atoms with E-state index in [-0.39, 0.29) is 37.4 Å². The first-order chi connectivity index (χ1) is 22.9. The van der Waals surface area contributed by atoms with Gasteiger partial charge in [-0.05, 0) is 49.1 Å². The molecule has 1 atom stereocenters. The third kappa shape index (κ3) is 7.12. The highest BCUT2D eigenvalue weighted by atomic mass is 16.7. The van der Waals surface area contributed by atoms with E-state index in [0.29, 0.717) is 61.5 Å². The van der Waals surface area contributed by atoms with Gasteiger partial charge in [-0.25, -0.2) is 4.98 Å². The summed E-state index contributed by atoms with van der Waals surface area (Å²) in [5, 5.41) is 4.00. The minimum absolute atomic E-state index is 0.0298. The zero-order valence-corrected chi connectivity index (χ0v) is 27.8. The van der Waals surface area contributed by atoms with Crippen molar-refractivity contribution in [3.8, 4) is 28.7 Å². The van der Waals surface area contributed by atoms with Crippen LogP contribution in [0.25, 0.3) is 10.9 Å². The van der Waals surface area contributed by atoms with Crippen LogP contribution in [0.15, 0.2) is 30.3 Å². The van der Waals surface area contributed by atoms with Crippen molar-refractivity contribution in [2.75, 3.05) is 78.8 Å². The smallest absolute Gasteiger partial charge is 0.231 e. The molecule has 3 aromatic rings. The molecule has 1 saturated heterocycles. The molecule has 12 heteroatoms. The normalized spacial score (nSPS) is 19.0. The van der Waals surface area contributed by atoms with E-state index in [4.69, 9.17) is 28.7 Å². The molecule has 3 aliphatic rings. The minimum atomic E-state index is -0.0390. The summed E-state index contributed by atoms with van der Waals surface area (Å²) >= 11 is 0. The molecule has 3 aliphatic heterocycles. The number of pyridine rings is 1. The number of methoxy groups -OCH3 is 3. The Labute approximate surface area is 275 Å². The molecule has 0 spiro atoms. The number of amides is 2. The van der Waals surface area contributed by atoms with E-state index in [1.54, 1.807) is 21.3 Å². The Morgan fingerprint density at radius 1 is 1.00 bits per heavy atom. The van der Waals surface area contributed by atoms with Gasteiger partial charge in [0.15, 0.2) is 23.0 Å². The Kier molecular flexibility index (Phi) is 10.1. The van der Waals surface area contributed by atoms with Crippen molar-refractivity contribution in [3.05, 3.63) is 41.5 Å². The van der Waals surface area contributed by atoms with Crippen molar-refractivity contribution in [1.82, 2.24) is 20.1 Å². The molecule has 1 fully saturated rings. The number of carbonyl (C=O) groups is 2. The van der Waals surface area contributed by atoms with E-state index in [2.05, 4.69) is 28.1 Å². The molecule has 1 aromatic heterocycles. The molecule has 0 saturated carbocycles. The summed E-state index contributed by atoms with van der Waals surface area (Å²) in [4.78, 5) is 38.4. The maximum Gasteiger partial charge on any atom is 0.231 e. The number of rotatable bonds is 6. The van der Waals surface area contributed by atoms with E-state index in [0.717, 1.165) is 60.3 Å². The molecule has 12 nitrogen and oxygen atoms in total. The number of nitrogens with one attached hydrogen (secondary N) is 1. The van der Waals surface area contributed by atoms with Gasteiger partial charge >= 0.3 is 0 Å². The number of carbonyl (C=O) groups excluding carboxylic acids is 2. The standard InChI is InChI=1S/C35H45N5O7/c1-5-38-13-14-39(32(42)16-23-8-9-28-29(15-23)47-22-46-28)12-10-31(41)36-19-24-7-6-11-40(20-24)35-25(21-38)17-26-27(37-35)18-30(43-2)34(45-4)33(26)44-3/h8-9,15,17-18,24H,5-7,10-14,16,19-22H2,1-4H3,(H,36,41). The van der Waals surface area contributed by atoms with Crippen LogP contribution in [0.3, 0.4) is 0 Å². The maximum absolute atomic E-state index is 13.7. The number of piperidine rings is 1. The van der Waals surface area contributed by atoms with Gasteiger partial charge in [-0.15, -0.1) is 0 Å². The van der Waals surface area contributed by atoms with E-state index in [1.807, 2.05) is 29.2 Å². The van der Waals surface area contributed by atoms with E-state index in [1.165, 1.54) is 0 Å². The highest BCUT2D eigenvalue weighted by Crippen LogP contribution is 2.44. The van der Waals surface area contributed by atoms with E-state index in [9.17, 15) is 9.59 Å². The average molecular weight is 648 g/mol. The largest absolute Gasteiger partial charge is 0.493 e. The lowest BCUT2D eigenvalue weighted by Crippen LogP contribution is -2.42. The lowest BCUT2D eigenvalue weighted by molar-refractivity contribution is -0.131. The number of likely N-dealkylation sites (N-methyl/N-ethyl adjacent to an activating group) is 1. The number of benzene rings is 2. The SMILES string of the molecule is CCN1CCN(C(=O)Cc2ccc3c(c2)OCO3)CCC(=O)NCC2CCCN(C2)c2nc3cc(OC)c(OC)c(OC)c3cc2C1. The van der Waals surface area contributed by atoms with Crippen molar-refractivity contribution < 1.29 is 33.3 Å². The molecule has 1 unspecified atom stereocenters. The summed E-state index contributed by atoms with van der Waals surface area (Å²) in [6.45, 7) is 7.45. The molecular formula is C35H45N5O7. The second-order valence-electron chi connectivity index (χ2n) is 12.3. The van der Waals surface area contributed by atoms with Crippen LogP contribution in [0.1, 0.15) is 37.3 Å². The molecule has 4 heterocycles. The fraction of sp³-hybridized carbons (Fsp3) is 0.514. The number of aromatic nitrogens is 1. The van der Waals surface area contributed by atoms with Crippen molar-refractivity contribution in [3.63, 3.8) is 0 Å². The van der Waals surface area contributed by atoms with Crippen LogP contribution in [-0.2, 0) is 22.6 Å². The fourth-order valence-corrected chi connectivity index (χ4v) is 6.77. The summed E-state index contributed by atoms with van der Waals surface area (Å²) < 4.78 is 28.1. The highest BCUT2D eigenvalue weighted by molar-refractivity contribution is 5.92. The van der Waals surface area contributed by atoms with Crippen LogP contribution in [-0.4, -0.2) is 101 Å². The molecule has 0 aliphatic carbocycles. The van der Waals surface area contributed by atoms with Gasteiger partial charge in [-0.2, -0.15) is 0 Å². The van der Waals surface area contributed by atoms with Crippen molar-refractivity contribution in [1.29, 1.82) is 0 Å². The van der Waals surface area contributed by atoms with Gasteiger partial charge in [0, 0.05) is 69.3 Å². The molecule has 1 N–H and O–H groups in total. The van der Waals surface area contributed by atoms with Crippen LogP contribution >= 0.6 is 0 Å². The molecular weight excluding hydrogens is 602 g/mol. The first-order valence-corrected chi connectivity index (χ1v) is 16.4. The van der Waals surface area contributed by atoms with Gasteiger partial charge in [0.05, 0.1) is 33.3 Å². The molecule has 2 aromatic carbocycles. The van der Waals surface area contributed by atoms with Gasteiger partial charge in [0.1, 0.15) is 5.82 Å². The Balaban J connectivity index is 1.32. The summed E-state index contributed by atoms with van der Waals surface area (Å²) in [7, 11) is 4.84. The third-order valence-corrected chi connectivity index (χ3v) is 9.37. The monoisotopic (exact) mass is 647 g/mol. The topological polar surface area (TPSA) is 115 Å². The van der Waals surface area contributed by atoms with Gasteiger partial charge in [0.25, 0.3) is 0 Å². The maximum atomic E-state index is 13.7. The molecule has 252 valence electrons. The number of hydrogen-bond acceptors (Lipinski definition) is 10. The van der Waals surface area contributed by atoms with Gasteiger partial charge < -0.3 is 38.8 Å². The number of ether oxygens (including phenoxy) is 5. The first kappa shape index (κ1) is 32.5. The van der Waals surface area contributed by atoms with Crippen LogP contribution in [0.5, 0.6) is 28.7 Å². The predicted octanol–water partition coefficient (Wildman–Crippen LogP) is 3.62. The Bertz CT molecular complexity index is 1620. The lowest BCUT2D eigenvalue weighted by atomic mass is 9.97. The molecule has 47 heavy (non-hydrogen) atoms. The number of nitrogens with zero attached hydrogens (tertiary/aromatic N) is 4. The van der Waals surface area contributed by atoms with Gasteiger partial charge in [-0.3, -0.25) is 14.5 Å². The Morgan fingerprint density at radius 2 is 1.83 bits per heavy atom. The van der Waals surface area contributed by atoms with Crippen LogP contribution < -0.4 is 33.9 Å². The molecule has 2 bridgehead atoms. The second kappa shape index (κ2) is 14.5. The van der Waals surface area contributed by atoms with Crippen molar-refractivity contribution in [2.24, 2.45) is 5.92 Å². The van der Waals surface area contributed by atoms with Crippen LogP contribution in [0.4, 0.5) is 5.82 Å².